The highest BCUT2D eigenvalue weighted by atomic mass is 32.1. The van der Waals surface area contributed by atoms with Crippen molar-refractivity contribution in [1.29, 1.82) is 0 Å². The minimum Gasteiger partial charge on any atom is -0.457 e. The van der Waals surface area contributed by atoms with Gasteiger partial charge in [0.25, 0.3) is 11.8 Å². The maximum Gasteiger partial charge on any atom is 0.419 e. The molecule has 39 heavy (non-hydrogen) atoms. The zero-order chi connectivity index (χ0) is 27.7. The molecule has 196 valence electrons. The number of benzene rings is 3. The molecule has 3 aromatic carbocycles. The van der Waals surface area contributed by atoms with Crippen LogP contribution in [0, 0.1) is 0 Å². The molecule has 9 heteroatoms. The zero-order valence-electron chi connectivity index (χ0n) is 21.5. The first kappa shape index (κ1) is 25.9. The summed E-state index contributed by atoms with van der Waals surface area (Å²) in [6, 6.07) is 23.3. The molecule has 8 nitrogen and oxygen atoms in total. The van der Waals surface area contributed by atoms with Crippen LogP contribution in [0.4, 0.5) is 10.5 Å². The van der Waals surface area contributed by atoms with Gasteiger partial charge in [0.15, 0.2) is 5.11 Å². The Kier molecular flexibility index (Phi) is 6.76. The largest absolute Gasteiger partial charge is 0.457 e. The molecule has 2 heterocycles. The monoisotopic (exact) mass is 539 g/mol. The van der Waals surface area contributed by atoms with Crippen LogP contribution in [0.2, 0.25) is 0 Å². The highest BCUT2D eigenvalue weighted by molar-refractivity contribution is 7.80. The molecule has 5 rings (SSSR count). The molecule has 1 N–H and O–H groups in total. The number of rotatable bonds is 4. The molecule has 2 amide bonds. The second kappa shape index (κ2) is 10.2. The van der Waals surface area contributed by atoms with Crippen molar-refractivity contribution in [3.8, 4) is 11.5 Å². The molecular weight excluding hydrogens is 514 g/mol. The fourth-order valence-corrected chi connectivity index (χ4v) is 4.40. The number of ether oxygens (including phenoxy) is 2. The zero-order valence-corrected chi connectivity index (χ0v) is 22.3. The van der Waals surface area contributed by atoms with E-state index < -0.39 is 23.5 Å². The summed E-state index contributed by atoms with van der Waals surface area (Å²) in [7, 11) is 0. The van der Waals surface area contributed by atoms with Crippen LogP contribution in [-0.2, 0) is 14.3 Å². The lowest BCUT2D eigenvalue weighted by molar-refractivity contribution is -0.122. The highest BCUT2D eigenvalue weighted by Crippen LogP contribution is 2.29. The van der Waals surface area contributed by atoms with Gasteiger partial charge in [-0.05, 0) is 81.5 Å². The van der Waals surface area contributed by atoms with Crippen molar-refractivity contribution in [1.82, 2.24) is 9.88 Å². The van der Waals surface area contributed by atoms with Gasteiger partial charge in [0, 0.05) is 17.1 Å². The number of thiocarbonyl (C=S) groups is 1. The third-order valence-electron chi connectivity index (χ3n) is 5.81. The van der Waals surface area contributed by atoms with Gasteiger partial charge in [-0.25, -0.2) is 4.79 Å². The Morgan fingerprint density at radius 1 is 0.897 bits per heavy atom. The lowest BCUT2D eigenvalue weighted by atomic mass is 10.1. The minimum absolute atomic E-state index is 0.0324. The Labute approximate surface area is 230 Å². The van der Waals surface area contributed by atoms with E-state index >= 15 is 0 Å². The Bertz CT molecular complexity index is 1630. The van der Waals surface area contributed by atoms with E-state index in [0.29, 0.717) is 33.7 Å². The van der Waals surface area contributed by atoms with Crippen LogP contribution in [0.5, 0.6) is 11.5 Å². The Morgan fingerprint density at radius 3 is 2.23 bits per heavy atom. The number of carbonyl (C=O) groups is 3. The minimum atomic E-state index is -0.696. The Morgan fingerprint density at radius 2 is 1.54 bits per heavy atom. The second-order valence-electron chi connectivity index (χ2n) is 9.82. The maximum absolute atomic E-state index is 13.6. The molecule has 1 fully saturated rings. The third-order valence-corrected chi connectivity index (χ3v) is 6.09. The number of anilines is 1. The number of fused-ring (bicyclic) bond motifs is 1. The van der Waals surface area contributed by atoms with Crippen LogP contribution in [-0.4, -0.2) is 33.2 Å². The summed E-state index contributed by atoms with van der Waals surface area (Å²) >= 11 is 5.33. The lowest BCUT2D eigenvalue weighted by Gasteiger charge is -2.29. The molecule has 0 radical (unpaired) electrons. The predicted octanol–water partition coefficient (Wildman–Crippen LogP) is 6.05. The van der Waals surface area contributed by atoms with E-state index in [0.717, 1.165) is 0 Å². The molecule has 1 aromatic heterocycles. The van der Waals surface area contributed by atoms with Gasteiger partial charge >= 0.3 is 6.09 Å². The molecular formula is C30H25N3O5S. The van der Waals surface area contributed by atoms with Crippen LogP contribution in [0.3, 0.4) is 0 Å². The molecule has 0 bridgehead atoms. The predicted molar refractivity (Wildman–Crippen MR) is 153 cm³/mol. The summed E-state index contributed by atoms with van der Waals surface area (Å²) in [4.78, 5) is 40.6. The average molecular weight is 540 g/mol. The van der Waals surface area contributed by atoms with E-state index in [-0.39, 0.29) is 10.7 Å². The topological polar surface area (TPSA) is 89.9 Å². The molecule has 0 unspecified atom stereocenters. The van der Waals surface area contributed by atoms with Gasteiger partial charge < -0.3 is 9.47 Å². The van der Waals surface area contributed by atoms with E-state index in [1.165, 1.54) is 15.5 Å². The van der Waals surface area contributed by atoms with Gasteiger partial charge in [0.2, 0.25) is 0 Å². The van der Waals surface area contributed by atoms with Crippen molar-refractivity contribution >= 4 is 57.9 Å². The van der Waals surface area contributed by atoms with Gasteiger partial charge in [0.05, 0.1) is 11.2 Å². The number of hydrogen-bond donors (Lipinski definition) is 1. The van der Waals surface area contributed by atoms with E-state index in [2.05, 4.69) is 5.32 Å². The summed E-state index contributed by atoms with van der Waals surface area (Å²) in [5.41, 5.74) is 0.740. The van der Waals surface area contributed by atoms with Crippen molar-refractivity contribution in [2.24, 2.45) is 0 Å². The number of aromatic nitrogens is 1. The molecule has 4 aromatic rings. The highest BCUT2D eigenvalue weighted by Gasteiger charge is 2.35. The van der Waals surface area contributed by atoms with E-state index in [4.69, 9.17) is 21.7 Å². The normalized spacial score (nSPS) is 15.0. The average Bonchev–Trinajstić information content (AvgIpc) is 3.26. The number of nitrogens with zero attached hydrogens (tertiary/aromatic N) is 2. The molecule has 0 aliphatic carbocycles. The maximum atomic E-state index is 13.6. The van der Waals surface area contributed by atoms with Gasteiger partial charge in [-0.1, -0.05) is 36.4 Å². The molecule has 1 aliphatic heterocycles. The molecule has 0 saturated carbocycles. The first-order chi connectivity index (χ1) is 18.6. The van der Waals surface area contributed by atoms with Crippen LogP contribution in [0.15, 0.2) is 90.6 Å². The Hall–Kier alpha value is -4.76. The second-order valence-corrected chi connectivity index (χ2v) is 10.2. The molecule has 1 aliphatic rings. The van der Waals surface area contributed by atoms with Crippen molar-refractivity contribution in [3.63, 3.8) is 0 Å². The number of amides is 2. The Balaban J connectivity index is 1.47. The van der Waals surface area contributed by atoms with Gasteiger partial charge in [-0.2, -0.15) is 0 Å². The van der Waals surface area contributed by atoms with E-state index in [1.807, 2.05) is 42.5 Å². The van der Waals surface area contributed by atoms with Gasteiger partial charge in [0.1, 0.15) is 22.7 Å². The molecule has 0 atom stereocenters. The van der Waals surface area contributed by atoms with Crippen LogP contribution in [0.1, 0.15) is 26.3 Å². The first-order valence-corrected chi connectivity index (χ1v) is 12.6. The van der Waals surface area contributed by atoms with Crippen molar-refractivity contribution in [2.75, 3.05) is 4.90 Å². The fourth-order valence-electron chi connectivity index (χ4n) is 4.12. The fraction of sp³-hybridized carbons (Fsp3) is 0.133. The quantitative estimate of drug-likeness (QED) is 0.193. The van der Waals surface area contributed by atoms with Gasteiger partial charge in [-0.3, -0.25) is 24.4 Å². The smallest absolute Gasteiger partial charge is 0.419 e. The van der Waals surface area contributed by atoms with Crippen molar-refractivity contribution in [3.05, 3.63) is 96.2 Å². The number of para-hydroxylation sites is 2. The number of nitrogens with one attached hydrogen (secondary N) is 1. The SMILES string of the molecule is CC(C)(C)OC(=O)n1cc(/C=C2\C(=O)NC(=S)N(c3ccc(Oc4ccccc4)cc3)C2=O)c2ccccc21. The van der Waals surface area contributed by atoms with E-state index in [1.54, 1.807) is 63.4 Å². The van der Waals surface area contributed by atoms with E-state index in [9.17, 15) is 14.4 Å². The van der Waals surface area contributed by atoms with Crippen molar-refractivity contribution in [2.45, 2.75) is 26.4 Å². The summed E-state index contributed by atoms with van der Waals surface area (Å²) in [6.45, 7) is 5.34. The molecule has 0 spiro atoms. The molecule has 1 saturated heterocycles. The number of hydrogen-bond acceptors (Lipinski definition) is 6. The number of carbonyl (C=O) groups excluding carboxylic acids is 3. The third kappa shape index (κ3) is 5.44. The van der Waals surface area contributed by atoms with Gasteiger partial charge in [-0.15, -0.1) is 0 Å². The van der Waals surface area contributed by atoms with Crippen LogP contribution < -0.4 is 15.0 Å². The standard InChI is InChI=1S/C30H25N3O5S/c1-30(2,3)38-29(36)32-18-19(23-11-7-8-12-25(23)32)17-24-26(34)31-28(39)33(27(24)35)20-13-15-22(16-14-20)37-21-9-5-4-6-10-21/h4-18H,1-3H3,(H,31,34,39)/b24-17+. The first-order valence-electron chi connectivity index (χ1n) is 12.2. The summed E-state index contributed by atoms with van der Waals surface area (Å²) in [5, 5.41) is 3.24. The van der Waals surface area contributed by atoms with Crippen molar-refractivity contribution < 1.29 is 23.9 Å². The summed E-state index contributed by atoms with van der Waals surface area (Å²) in [6.07, 6.45) is 2.45. The van der Waals surface area contributed by atoms with Crippen LogP contribution >= 0.6 is 12.2 Å². The van der Waals surface area contributed by atoms with Crippen LogP contribution in [0.25, 0.3) is 17.0 Å². The summed E-state index contributed by atoms with van der Waals surface area (Å²) < 4.78 is 12.7. The summed E-state index contributed by atoms with van der Waals surface area (Å²) in [5.74, 6) is 0.0434. The lowest BCUT2D eigenvalue weighted by Crippen LogP contribution is -2.54.